The summed E-state index contributed by atoms with van der Waals surface area (Å²) in [6, 6.07) is 7.08. The van der Waals surface area contributed by atoms with Crippen LogP contribution in [-0.4, -0.2) is 35.1 Å². The smallest absolute Gasteiger partial charge is 0.337 e. The first-order valence-corrected chi connectivity index (χ1v) is 6.19. The molecule has 0 fully saturated rings. The highest BCUT2D eigenvalue weighted by Crippen LogP contribution is 2.27. The predicted octanol–water partition coefficient (Wildman–Crippen LogP) is 1.24. The number of aromatic nitrogens is 1. The molecule has 3 N–H and O–H groups in total. The summed E-state index contributed by atoms with van der Waals surface area (Å²) in [6.07, 6.45) is 1.31. The van der Waals surface area contributed by atoms with Crippen molar-refractivity contribution in [2.45, 2.75) is 6.92 Å². The third-order valence-corrected chi connectivity index (χ3v) is 3.03. The number of fused-ring (bicyclic) bond motifs is 1. The van der Waals surface area contributed by atoms with E-state index in [-0.39, 0.29) is 12.1 Å². The van der Waals surface area contributed by atoms with Crippen LogP contribution in [0, 0.1) is 0 Å². The van der Waals surface area contributed by atoms with E-state index in [2.05, 4.69) is 4.98 Å². The second-order valence-corrected chi connectivity index (χ2v) is 4.33. The van der Waals surface area contributed by atoms with Crippen LogP contribution < -0.4 is 10.6 Å². The van der Waals surface area contributed by atoms with Crippen molar-refractivity contribution >= 4 is 28.5 Å². The molecule has 20 heavy (non-hydrogen) atoms. The third-order valence-electron chi connectivity index (χ3n) is 3.03. The van der Waals surface area contributed by atoms with Gasteiger partial charge in [-0.2, -0.15) is 0 Å². The van der Waals surface area contributed by atoms with Crippen molar-refractivity contribution < 1.29 is 14.7 Å². The lowest BCUT2D eigenvalue weighted by molar-refractivity contribution is -0.116. The Hall–Kier alpha value is -2.63. The standard InChI is InChI=1S/C14H15N3O3/c1-2-17(8-12(15)18)13-10-6-4-3-5-9(10)11(7-16-13)14(19)20/h3-7H,2,8H2,1H3,(H2,15,18)(H,19,20). The van der Waals surface area contributed by atoms with Crippen LogP contribution in [0.3, 0.4) is 0 Å². The van der Waals surface area contributed by atoms with Gasteiger partial charge in [0.15, 0.2) is 0 Å². The summed E-state index contributed by atoms with van der Waals surface area (Å²) in [6.45, 7) is 2.47. The number of hydrogen-bond donors (Lipinski definition) is 2. The van der Waals surface area contributed by atoms with Gasteiger partial charge in [-0.1, -0.05) is 24.3 Å². The van der Waals surface area contributed by atoms with E-state index in [1.807, 2.05) is 6.92 Å². The molecular weight excluding hydrogens is 258 g/mol. The topological polar surface area (TPSA) is 96.5 Å². The Morgan fingerprint density at radius 1 is 1.30 bits per heavy atom. The molecule has 0 unspecified atom stereocenters. The van der Waals surface area contributed by atoms with Crippen molar-refractivity contribution in [2.24, 2.45) is 5.73 Å². The van der Waals surface area contributed by atoms with Crippen molar-refractivity contribution in [3.05, 3.63) is 36.0 Å². The van der Waals surface area contributed by atoms with Crippen molar-refractivity contribution in [3.8, 4) is 0 Å². The Balaban J connectivity index is 2.63. The minimum absolute atomic E-state index is 0.0416. The maximum absolute atomic E-state index is 11.2. The molecule has 1 heterocycles. The van der Waals surface area contributed by atoms with Gasteiger partial charge in [0.1, 0.15) is 5.82 Å². The highest BCUT2D eigenvalue weighted by molar-refractivity contribution is 6.06. The predicted molar refractivity (Wildman–Crippen MR) is 75.8 cm³/mol. The lowest BCUT2D eigenvalue weighted by atomic mass is 10.1. The van der Waals surface area contributed by atoms with Crippen molar-refractivity contribution in [3.63, 3.8) is 0 Å². The molecule has 0 bridgehead atoms. The van der Waals surface area contributed by atoms with Crippen molar-refractivity contribution in [1.29, 1.82) is 0 Å². The Kier molecular flexibility index (Phi) is 3.84. The minimum Gasteiger partial charge on any atom is -0.478 e. The molecule has 0 spiro atoms. The highest BCUT2D eigenvalue weighted by Gasteiger charge is 2.16. The number of amides is 1. The first-order valence-electron chi connectivity index (χ1n) is 6.19. The number of carbonyl (C=O) groups excluding carboxylic acids is 1. The van der Waals surface area contributed by atoms with E-state index in [9.17, 15) is 14.7 Å². The number of aromatic carboxylic acids is 1. The first kappa shape index (κ1) is 13.8. The number of hydrogen-bond acceptors (Lipinski definition) is 4. The Bertz CT molecular complexity index is 670. The van der Waals surface area contributed by atoms with E-state index >= 15 is 0 Å². The first-order chi connectivity index (χ1) is 9.54. The van der Waals surface area contributed by atoms with Gasteiger partial charge < -0.3 is 15.7 Å². The van der Waals surface area contributed by atoms with E-state index in [0.717, 1.165) is 0 Å². The molecule has 2 aromatic rings. The van der Waals surface area contributed by atoms with E-state index < -0.39 is 11.9 Å². The zero-order valence-corrected chi connectivity index (χ0v) is 11.0. The van der Waals surface area contributed by atoms with Gasteiger partial charge in [-0.25, -0.2) is 9.78 Å². The molecule has 0 aliphatic heterocycles. The molecule has 1 aromatic carbocycles. The number of carboxylic acids is 1. The molecule has 0 saturated heterocycles. The van der Waals surface area contributed by atoms with Crippen LogP contribution in [0.4, 0.5) is 5.82 Å². The molecule has 1 aromatic heterocycles. The number of nitrogens with zero attached hydrogens (tertiary/aromatic N) is 2. The number of primary amides is 1. The molecule has 104 valence electrons. The van der Waals surface area contributed by atoms with Gasteiger partial charge in [0, 0.05) is 23.5 Å². The maximum atomic E-state index is 11.2. The fourth-order valence-corrected chi connectivity index (χ4v) is 2.12. The minimum atomic E-state index is -1.03. The number of nitrogens with two attached hydrogens (primary N) is 1. The summed E-state index contributed by atoms with van der Waals surface area (Å²) in [4.78, 5) is 28.2. The Morgan fingerprint density at radius 2 is 1.95 bits per heavy atom. The lowest BCUT2D eigenvalue weighted by Crippen LogP contribution is -2.34. The number of anilines is 1. The van der Waals surface area contributed by atoms with Gasteiger partial charge in [0.25, 0.3) is 0 Å². The average molecular weight is 273 g/mol. The van der Waals surface area contributed by atoms with E-state index in [1.54, 1.807) is 29.2 Å². The van der Waals surface area contributed by atoms with Gasteiger partial charge >= 0.3 is 5.97 Å². The van der Waals surface area contributed by atoms with E-state index in [1.165, 1.54) is 6.20 Å². The lowest BCUT2D eigenvalue weighted by Gasteiger charge is -2.22. The summed E-state index contributed by atoms with van der Waals surface area (Å²) in [5.41, 5.74) is 5.36. The van der Waals surface area contributed by atoms with Crippen LogP contribution in [0.2, 0.25) is 0 Å². The van der Waals surface area contributed by atoms with Gasteiger partial charge in [0.05, 0.1) is 12.1 Å². The Morgan fingerprint density at radius 3 is 2.50 bits per heavy atom. The van der Waals surface area contributed by atoms with Crippen LogP contribution in [0.5, 0.6) is 0 Å². The number of likely N-dealkylation sites (N-methyl/N-ethyl adjacent to an activating group) is 1. The fraction of sp³-hybridized carbons (Fsp3) is 0.214. The number of rotatable bonds is 5. The van der Waals surface area contributed by atoms with Crippen LogP contribution in [0.25, 0.3) is 10.8 Å². The van der Waals surface area contributed by atoms with Crippen molar-refractivity contribution in [2.75, 3.05) is 18.0 Å². The molecule has 0 atom stereocenters. The fourth-order valence-electron chi connectivity index (χ4n) is 2.12. The largest absolute Gasteiger partial charge is 0.478 e. The zero-order chi connectivity index (χ0) is 14.7. The Labute approximate surface area is 115 Å². The average Bonchev–Trinajstić information content (AvgIpc) is 2.43. The molecule has 0 aliphatic rings. The number of carbonyl (C=O) groups is 2. The van der Waals surface area contributed by atoms with E-state index in [0.29, 0.717) is 23.1 Å². The quantitative estimate of drug-likeness (QED) is 0.854. The third kappa shape index (κ3) is 2.54. The molecule has 0 radical (unpaired) electrons. The second kappa shape index (κ2) is 5.56. The number of carboxylic acid groups (broad SMARTS) is 1. The van der Waals surface area contributed by atoms with Gasteiger partial charge in [0.2, 0.25) is 5.91 Å². The molecular formula is C14H15N3O3. The normalized spacial score (nSPS) is 10.4. The number of pyridine rings is 1. The zero-order valence-electron chi connectivity index (χ0n) is 11.0. The van der Waals surface area contributed by atoms with Gasteiger partial charge in [-0.15, -0.1) is 0 Å². The van der Waals surface area contributed by atoms with Crippen LogP contribution in [0.1, 0.15) is 17.3 Å². The summed E-state index contributed by atoms with van der Waals surface area (Å²) in [7, 11) is 0. The number of benzene rings is 1. The highest BCUT2D eigenvalue weighted by atomic mass is 16.4. The monoisotopic (exact) mass is 273 g/mol. The van der Waals surface area contributed by atoms with Gasteiger partial charge in [-0.05, 0) is 6.92 Å². The molecule has 2 rings (SSSR count). The molecule has 0 aliphatic carbocycles. The second-order valence-electron chi connectivity index (χ2n) is 4.33. The van der Waals surface area contributed by atoms with Gasteiger partial charge in [-0.3, -0.25) is 4.79 Å². The van der Waals surface area contributed by atoms with Crippen LogP contribution in [0.15, 0.2) is 30.5 Å². The van der Waals surface area contributed by atoms with Crippen LogP contribution in [-0.2, 0) is 4.79 Å². The van der Waals surface area contributed by atoms with Crippen LogP contribution >= 0.6 is 0 Å². The summed E-state index contributed by atoms with van der Waals surface area (Å²) in [5.74, 6) is -0.926. The molecule has 6 nitrogen and oxygen atoms in total. The molecule has 0 saturated carbocycles. The molecule has 6 heteroatoms. The summed E-state index contributed by atoms with van der Waals surface area (Å²) < 4.78 is 0. The SMILES string of the molecule is CCN(CC(N)=O)c1ncc(C(=O)O)c2ccccc12. The summed E-state index contributed by atoms with van der Waals surface area (Å²) in [5, 5.41) is 10.5. The van der Waals surface area contributed by atoms with Crippen molar-refractivity contribution in [1.82, 2.24) is 4.98 Å². The summed E-state index contributed by atoms with van der Waals surface area (Å²) >= 11 is 0. The van der Waals surface area contributed by atoms with E-state index in [4.69, 9.17) is 5.73 Å². The maximum Gasteiger partial charge on any atom is 0.337 e. The molecule has 1 amide bonds.